The normalized spacial score (nSPS) is 10.8. The molecule has 2 rings (SSSR count). The molecule has 0 bridgehead atoms. The summed E-state index contributed by atoms with van der Waals surface area (Å²) in [7, 11) is 0. The highest BCUT2D eigenvalue weighted by atomic mass is 79.9. The minimum absolute atomic E-state index is 0.0186. The topological polar surface area (TPSA) is 31.2 Å². The lowest BCUT2D eigenvalue weighted by molar-refractivity contribution is -0.143. The van der Waals surface area contributed by atoms with Crippen molar-refractivity contribution in [1.82, 2.24) is 4.57 Å². The summed E-state index contributed by atoms with van der Waals surface area (Å²) in [5.74, 6) is -0.707. The zero-order valence-electron chi connectivity index (χ0n) is 9.24. The van der Waals surface area contributed by atoms with E-state index in [1.807, 2.05) is 0 Å². The molecule has 0 N–H and O–H groups in total. The Bertz CT molecular complexity index is 565. The fourth-order valence-electron chi connectivity index (χ4n) is 1.70. The van der Waals surface area contributed by atoms with Crippen molar-refractivity contribution in [1.29, 1.82) is 0 Å². The molecule has 5 heteroatoms. The highest BCUT2D eigenvalue weighted by Crippen LogP contribution is 2.23. The molecule has 0 radical (unpaired) electrons. The van der Waals surface area contributed by atoms with Crippen molar-refractivity contribution in [2.45, 2.75) is 13.5 Å². The van der Waals surface area contributed by atoms with E-state index in [1.165, 1.54) is 6.20 Å². The molecule has 1 heterocycles. The van der Waals surface area contributed by atoms with Gasteiger partial charge in [-0.15, -0.1) is 0 Å². The van der Waals surface area contributed by atoms with Crippen molar-refractivity contribution in [3.05, 3.63) is 34.7 Å². The number of esters is 1. The number of carbonyl (C=O) groups is 1. The highest BCUT2D eigenvalue weighted by molar-refractivity contribution is 9.10. The van der Waals surface area contributed by atoms with Gasteiger partial charge in [0.2, 0.25) is 0 Å². The summed E-state index contributed by atoms with van der Waals surface area (Å²) in [6.45, 7) is 2.08. The standard InChI is InChI=1S/C12H11BrFNO2/c1-2-17-12(16)7-15-6-10(14)9-4-3-8(13)5-11(9)15/h3-6H,2,7H2,1H3. The predicted octanol–water partition coefficient (Wildman–Crippen LogP) is 3.11. The summed E-state index contributed by atoms with van der Waals surface area (Å²) in [6.07, 6.45) is 1.31. The predicted molar refractivity (Wildman–Crippen MR) is 66.2 cm³/mol. The summed E-state index contributed by atoms with van der Waals surface area (Å²) >= 11 is 3.32. The molecule has 17 heavy (non-hydrogen) atoms. The van der Waals surface area contributed by atoms with Gasteiger partial charge in [0.05, 0.1) is 12.1 Å². The molecule has 1 aromatic carbocycles. The maximum Gasteiger partial charge on any atom is 0.325 e. The first-order valence-electron chi connectivity index (χ1n) is 5.21. The van der Waals surface area contributed by atoms with Gasteiger partial charge in [0.15, 0.2) is 0 Å². The third kappa shape index (κ3) is 2.49. The van der Waals surface area contributed by atoms with Crippen molar-refractivity contribution in [3.63, 3.8) is 0 Å². The number of benzene rings is 1. The molecule has 0 saturated heterocycles. The van der Waals surface area contributed by atoms with E-state index in [2.05, 4.69) is 15.9 Å². The Kier molecular flexibility index (Phi) is 3.47. The van der Waals surface area contributed by atoms with Crippen LogP contribution in [0.15, 0.2) is 28.9 Å². The molecular formula is C12H11BrFNO2. The second kappa shape index (κ2) is 4.87. The van der Waals surface area contributed by atoms with Crippen LogP contribution in [-0.2, 0) is 16.1 Å². The van der Waals surface area contributed by atoms with Crippen LogP contribution >= 0.6 is 15.9 Å². The lowest BCUT2D eigenvalue weighted by Crippen LogP contribution is -2.12. The fraction of sp³-hybridized carbons (Fsp3) is 0.250. The third-order valence-electron chi connectivity index (χ3n) is 2.40. The number of rotatable bonds is 3. The Morgan fingerprint density at radius 1 is 1.53 bits per heavy atom. The molecule has 0 atom stereocenters. The molecule has 0 aliphatic carbocycles. The number of hydrogen-bond donors (Lipinski definition) is 0. The third-order valence-corrected chi connectivity index (χ3v) is 2.89. The van der Waals surface area contributed by atoms with Gasteiger partial charge in [-0.1, -0.05) is 15.9 Å². The van der Waals surface area contributed by atoms with Crippen molar-refractivity contribution < 1.29 is 13.9 Å². The van der Waals surface area contributed by atoms with Crippen molar-refractivity contribution in [2.75, 3.05) is 6.61 Å². The Labute approximate surface area is 106 Å². The van der Waals surface area contributed by atoms with Crippen molar-refractivity contribution in [3.8, 4) is 0 Å². The molecule has 0 unspecified atom stereocenters. The van der Waals surface area contributed by atoms with Gasteiger partial charge < -0.3 is 9.30 Å². The summed E-state index contributed by atoms with van der Waals surface area (Å²) in [5.41, 5.74) is 0.671. The quantitative estimate of drug-likeness (QED) is 0.816. The summed E-state index contributed by atoms with van der Waals surface area (Å²) in [5, 5.41) is 0.498. The van der Waals surface area contributed by atoms with E-state index >= 15 is 0 Å². The minimum atomic E-state index is -0.371. The first-order valence-corrected chi connectivity index (χ1v) is 6.00. The van der Waals surface area contributed by atoms with Gasteiger partial charge in [-0.3, -0.25) is 4.79 Å². The molecule has 2 aromatic rings. The van der Waals surface area contributed by atoms with Gasteiger partial charge in [0.25, 0.3) is 0 Å². The molecule has 0 spiro atoms. The van der Waals surface area contributed by atoms with Crippen LogP contribution in [0.1, 0.15) is 6.92 Å². The number of aromatic nitrogens is 1. The van der Waals surface area contributed by atoms with Crippen molar-refractivity contribution >= 4 is 32.8 Å². The average molecular weight is 300 g/mol. The molecule has 0 amide bonds. The maximum atomic E-state index is 13.6. The lowest BCUT2D eigenvalue weighted by Gasteiger charge is -2.04. The first-order chi connectivity index (χ1) is 8.11. The van der Waals surface area contributed by atoms with Crippen LogP contribution in [-0.4, -0.2) is 17.1 Å². The monoisotopic (exact) mass is 299 g/mol. The maximum absolute atomic E-state index is 13.6. The molecule has 3 nitrogen and oxygen atoms in total. The summed E-state index contributed by atoms with van der Waals surface area (Å²) in [4.78, 5) is 11.4. The zero-order valence-corrected chi connectivity index (χ0v) is 10.8. The Balaban J connectivity index is 2.40. The number of carbonyl (C=O) groups excluding carboxylic acids is 1. The average Bonchev–Trinajstić information content (AvgIpc) is 2.55. The Morgan fingerprint density at radius 3 is 3.00 bits per heavy atom. The van der Waals surface area contributed by atoms with Gasteiger partial charge >= 0.3 is 5.97 Å². The second-order valence-electron chi connectivity index (χ2n) is 3.57. The summed E-state index contributed by atoms with van der Waals surface area (Å²) in [6, 6.07) is 5.22. The fourth-order valence-corrected chi connectivity index (χ4v) is 2.05. The smallest absolute Gasteiger partial charge is 0.325 e. The molecule has 0 aliphatic rings. The van der Waals surface area contributed by atoms with Gasteiger partial charge in [-0.05, 0) is 25.1 Å². The van der Waals surface area contributed by atoms with Gasteiger partial charge in [0.1, 0.15) is 12.4 Å². The van der Waals surface area contributed by atoms with E-state index in [9.17, 15) is 9.18 Å². The van der Waals surface area contributed by atoms with Gasteiger partial charge in [-0.2, -0.15) is 0 Å². The van der Waals surface area contributed by atoms with E-state index in [0.29, 0.717) is 17.5 Å². The molecular weight excluding hydrogens is 289 g/mol. The minimum Gasteiger partial charge on any atom is -0.465 e. The Morgan fingerprint density at radius 2 is 2.29 bits per heavy atom. The number of fused-ring (bicyclic) bond motifs is 1. The van der Waals surface area contributed by atoms with E-state index in [4.69, 9.17) is 4.74 Å². The second-order valence-corrected chi connectivity index (χ2v) is 4.49. The zero-order chi connectivity index (χ0) is 12.4. The van der Waals surface area contributed by atoms with Crippen LogP contribution in [0.3, 0.4) is 0 Å². The largest absolute Gasteiger partial charge is 0.465 e. The lowest BCUT2D eigenvalue weighted by atomic mass is 10.2. The SMILES string of the molecule is CCOC(=O)Cn1cc(F)c2ccc(Br)cc21. The number of ether oxygens (including phenoxy) is 1. The van der Waals surface area contributed by atoms with Crippen LogP contribution in [0.2, 0.25) is 0 Å². The van der Waals surface area contributed by atoms with E-state index in [0.717, 1.165) is 4.47 Å². The van der Waals surface area contributed by atoms with Crippen LogP contribution in [0.5, 0.6) is 0 Å². The Hall–Kier alpha value is -1.36. The highest BCUT2D eigenvalue weighted by Gasteiger charge is 2.11. The van der Waals surface area contributed by atoms with Gasteiger partial charge in [-0.25, -0.2) is 4.39 Å². The van der Waals surface area contributed by atoms with Crippen molar-refractivity contribution in [2.24, 2.45) is 0 Å². The molecule has 0 saturated carbocycles. The first kappa shape index (κ1) is 12.1. The van der Waals surface area contributed by atoms with Gasteiger partial charge in [0, 0.05) is 16.1 Å². The number of nitrogens with zero attached hydrogens (tertiary/aromatic N) is 1. The van der Waals surface area contributed by atoms with E-state index in [-0.39, 0.29) is 18.3 Å². The van der Waals surface area contributed by atoms with E-state index < -0.39 is 0 Å². The van der Waals surface area contributed by atoms with E-state index in [1.54, 1.807) is 29.7 Å². The molecule has 1 aromatic heterocycles. The summed E-state index contributed by atoms with van der Waals surface area (Å²) < 4.78 is 20.8. The van der Waals surface area contributed by atoms with Crippen LogP contribution in [0.25, 0.3) is 10.9 Å². The number of hydrogen-bond acceptors (Lipinski definition) is 2. The van der Waals surface area contributed by atoms with Crippen LogP contribution in [0.4, 0.5) is 4.39 Å². The number of halogens is 2. The molecule has 0 aliphatic heterocycles. The van der Waals surface area contributed by atoms with Crippen LogP contribution < -0.4 is 0 Å². The van der Waals surface area contributed by atoms with Crippen LogP contribution in [0, 0.1) is 5.82 Å². The molecule has 90 valence electrons. The molecule has 0 fully saturated rings.